The van der Waals surface area contributed by atoms with E-state index >= 15 is 0 Å². The number of hydrogen-bond acceptors (Lipinski definition) is 4. The summed E-state index contributed by atoms with van der Waals surface area (Å²) in [6.07, 6.45) is 6.26. The Morgan fingerprint density at radius 1 is 1.38 bits per heavy atom. The minimum atomic E-state index is -0.535. The molecule has 3 rings (SSSR count). The van der Waals surface area contributed by atoms with Gasteiger partial charge in [-0.1, -0.05) is 12.8 Å². The van der Waals surface area contributed by atoms with Crippen molar-refractivity contribution < 1.29 is 14.6 Å². The maximum atomic E-state index is 12.8. The van der Waals surface area contributed by atoms with E-state index in [1.165, 1.54) is 12.8 Å². The molecule has 1 aliphatic carbocycles. The third-order valence-electron chi connectivity index (χ3n) is 5.12. The van der Waals surface area contributed by atoms with Crippen LogP contribution >= 0.6 is 0 Å². The van der Waals surface area contributed by atoms with Crippen LogP contribution in [0.5, 0.6) is 0 Å². The highest BCUT2D eigenvalue weighted by molar-refractivity contribution is 5.92. The van der Waals surface area contributed by atoms with Crippen LogP contribution in [0.1, 0.15) is 42.2 Å². The van der Waals surface area contributed by atoms with Crippen molar-refractivity contribution in [3.05, 3.63) is 24.0 Å². The van der Waals surface area contributed by atoms with Crippen LogP contribution in [0.15, 0.2) is 18.3 Å². The zero-order valence-electron chi connectivity index (χ0n) is 14.6. The number of likely N-dealkylation sites (N-methyl/N-ethyl adjacent to an activating group) is 1. The number of carbonyl (C=O) groups is 1. The summed E-state index contributed by atoms with van der Waals surface area (Å²) in [7, 11) is 1.77. The molecule has 1 amide bonds. The highest BCUT2D eigenvalue weighted by Crippen LogP contribution is 2.30. The summed E-state index contributed by atoms with van der Waals surface area (Å²) in [5, 5.41) is 10.3. The maximum absolute atomic E-state index is 12.8. The van der Waals surface area contributed by atoms with Crippen molar-refractivity contribution >= 4 is 5.91 Å². The predicted molar refractivity (Wildman–Crippen MR) is 92.2 cm³/mol. The Hall–Kier alpha value is -1.37. The average molecular weight is 335 g/mol. The lowest BCUT2D eigenvalue weighted by atomic mass is 10.2. The van der Waals surface area contributed by atoms with Crippen LogP contribution in [-0.4, -0.2) is 77.9 Å². The molecule has 1 aliphatic heterocycles. The van der Waals surface area contributed by atoms with Crippen LogP contribution in [0, 0.1) is 0 Å². The quantitative estimate of drug-likeness (QED) is 0.853. The second kappa shape index (κ2) is 8.14. The molecule has 0 bridgehead atoms. The summed E-state index contributed by atoms with van der Waals surface area (Å²) in [6.45, 7) is 4.07. The molecule has 6 nitrogen and oxygen atoms in total. The SMILES string of the molecule is CN(CC(O)CN1CCOCC1)C(=O)c1cccn1C1CCCC1. The number of nitrogens with zero attached hydrogens (tertiary/aromatic N) is 3. The Morgan fingerprint density at radius 2 is 2.08 bits per heavy atom. The Labute approximate surface area is 144 Å². The van der Waals surface area contributed by atoms with Crippen molar-refractivity contribution in [3.8, 4) is 0 Å². The molecule has 1 unspecified atom stereocenters. The van der Waals surface area contributed by atoms with Crippen LogP contribution in [0.4, 0.5) is 0 Å². The number of rotatable bonds is 6. The molecule has 134 valence electrons. The minimum absolute atomic E-state index is 0.00655. The summed E-state index contributed by atoms with van der Waals surface area (Å²) in [5.74, 6) is -0.00655. The smallest absolute Gasteiger partial charge is 0.270 e. The Balaban J connectivity index is 1.55. The highest BCUT2D eigenvalue weighted by atomic mass is 16.5. The molecule has 1 aromatic rings. The molecule has 0 spiro atoms. The molecule has 2 aliphatic rings. The zero-order chi connectivity index (χ0) is 16.9. The second-order valence-electron chi connectivity index (χ2n) is 6.99. The van der Waals surface area contributed by atoms with Gasteiger partial charge >= 0.3 is 0 Å². The fourth-order valence-corrected chi connectivity index (χ4v) is 3.81. The molecule has 1 saturated carbocycles. The lowest BCUT2D eigenvalue weighted by Gasteiger charge is -2.30. The molecule has 1 N–H and O–H groups in total. The Morgan fingerprint density at radius 3 is 2.79 bits per heavy atom. The number of carbonyl (C=O) groups excluding carboxylic acids is 1. The van der Waals surface area contributed by atoms with E-state index in [1.807, 2.05) is 18.3 Å². The summed E-state index contributed by atoms with van der Waals surface area (Å²) < 4.78 is 7.45. The van der Waals surface area contributed by atoms with Crippen molar-refractivity contribution in [1.29, 1.82) is 0 Å². The van der Waals surface area contributed by atoms with Gasteiger partial charge in [-0.15, -0.1) is 0 Å². The fourth-order valence-electron chi connectivity index (χ4n) is 3.81. The molecule has 1 saturated heterocycles. The van der Waals surface area contributed by atoms with Crippen LogP contribution in [0.2, 0.25) is 0 Å². The van der Waals surface area contributed by atoms with Gasteiger partial charge in [0.1, 0.15) is 5.69 Å². The Kier molecular flexibility index (Phi) is 5.92. The van der Waals surface area contributed by atoms with Crippen molar-refractivity contribution in [1.82, 2.24) is 14.4 Å². The largest absolute Gasteiger partial charge is 0.390 e. The number of morpholine rings is 1. The topological polar surface area (TPSA) is 57.9 Å². The molecule has 2 fully saturated rings. The lowest BCUT2D eigenvalue weighted by Crippen LogP contribution is -2.45. The Bertz CT molecular complexity index is 533. The summed E-state index contributed by atoms with van der Waals surface area (Å²) in [5.41, 5.74) is 0.739. The molecule has 0 aromatic carbocycles. The van der Waals surface area contributed by atoms with E-state index in [2.05, 4.69) is 9.47 Å². The van der Waals surface area contributed by atoms with Crippen LogP contribution in [0.25, 0.3) is 0 Å². The number of amides is 1. The van der Waals surface area contributed by atoms with Crippen molar-refractivity contribution in [2.24, 2.45) is 0 Å². The molecule has 1 aromatic heterocycles. The molecule has 2 heterocycles. The molecular formula is C18H29N3O3. The molecular weight excluding hydrogens is 306 g/mol. The van der Waals surface area contributed by atoms with E-state index in [-0.39, 0.29) is 5.91 Å². The van der Waals surface area contributed by atoms with E-state index in [0.29, 0.717) is 19.1 Å². The van der Waals surface area contributed by atoms with Gasteiger partial charge in [0.05, 0.1) is 19.3 Å². The number of ether oxygens (including phenoxy) is 1. The van der Waals surface area contributed by atoms with E-state index in [4.69, 9.17) is 4.74 Å². The minimum Gasteiger partial charge on any atom is -0.390 e. The van der Waals surface area contributed by atoms with Gasteiger partial charge < -0.3 is 19.3 Å². The number of β-amino-alcohol motifs (C(OH)–C–C–N with tert-alkyl or cyclic N) is 1. The number of aliphatic hydroxyl groups excluding tert-OH is 1. The maximum Gasteiger partial charge on any atom is 0.270 e. The molecule has 0 radical (unpaired) electrons. The van der Waals surface area contributed by atoms with E-state index in [0.717, 1.165) is 44.8 Å². The lowest BCUT2D eigenvalue weighted by molar-refractivity contribution is 0.00868. The van der Waals surface area contributed by atoms with E-state index < -0.39 is 6.10 Å². The molecule has 24 heavy (non-hydrogen) atoms. The summed E-state index contributed by atoms with van der Waals surface area (Å²) in [4.78, 5) is 16.6. The van der Waals surface area contributed by atoms with Gasteiger partial charge in [-0.3, -0.25) is 9.69 Å². The van der Waals surface area contributed by atoms with E-state index in [9.17, 15) is 9.90 Å². The zero-order valence-corrected chi connectivity index (χ0v) is 14.6. The van der Waals surface area contributed by atoms with Crippen molar-refractivity contribution in [3.63, 3.8) is 0 Å². The third-order valence-corrected chi connectivity index (χ3v) is 5.12. The van der Waals surface area contributed by atoms with Gasteiger partial charge in [0.25, 0.3) is 5.91 Å². The van der Waals surface area contributed by atoms with Crippen LogP contribution in [0.3, 0.4) is 0 Å². The van der Waals surface area contributed by atoms with Gasteiger partial charge in [0.2, 0.25) is 0 Å². The first-order valence-electron chi connectivity index (χ1n) is 9.05. The molecule has 1 atom stereocenters. The average Bonchev–Trinajstić information content (AvgIpc) is 3.25. The van der Waals surface area contributed by atoms with Crippen LogP contribution in [-0.2, 0) is 4.74 Å². The van der Waals surface area contributed by atoms with Crippen LogP contribution < -0.4 is 0 Å². The second-order valence-corrected chi connectivity index (χ2v) is 6.99. The number of aliphatic hydroxyl groups is 1. The third kappa shape index (κ3) is 4.18. The van der Waals surface area contributed by atoms with Crippen molar-refractivity contribution in [2.75, 3.05) is 46.4 Å². The summed E-state index contributed by atoms with van der Waals surface area (Å²) in [6, 6.07) is 4.29. The standard InChI is InChI=1S/C18H29N3O3/c1-19(13-16(22)14-20-9-11-24-12-10-20)18(23)17-7-4-8-21(17)15-5-2-3-6-15/h4,7-8,15-16,22H,2-3,5-6,9-14H2,1H3. The fraction of sp³-hybridized carbons (Fsp3) is 0.722. The summed E-state index contributed by atoms with van der Waals surface area (Å²) >= 11 is 0. The van der Waals surface area contributed by atoms with Gasteiger partial charge in [-0.25, -0.2) is 0 Å². The van der Waals surface area contributed by atoms with Gasteiger partial charge in [-0.05, 0) is 25.0 Å². The van der Waals surface area contributed by atoms with Gasteiger partial charge in [0.15, 0.2) is 0 Å². The normalized spacial score (nSPS) is 21.1. The first-order valence-corrected chi connectivity index (χ1v) is 9.05. The van der Waals surface area contributed by atoms with Gasteiger partial charge in [0, 0.05) is 45.5 Å². The monoisotopic (exact) mass is 335 g/mol. The predicted octanol–water partition coefficient (Wildman–Crippen LogP) is 1.37. The number of hydrogen-bond donors (Lipinski definition) is 1. The first kappa shape index (κ1) is 17.5. The number of aromatic nitrogens is 1. The van der Waals surface area contributed by atoms with E-state index in [1.54, 1.807) is 11.9 Å². The van der Waals surface area contributed by atoms with Gasteiger partial charge in [-0.2, -0.15) is 0 Å². The van der Waals surface area contributed by atoms with Crippen molar-refractivity contribution in [2.45, 2.75) is 37.8 Å². The first-order chi connectivity index (χ1) is 11.6. The highest BCUT2D eigenvalue weighted by Gasteiger charge is 2.24. The molecule has 6 heteroatoms.